The number of hydrogen-bond donors (Lipinski definition) is 0. The predicted molar refractivity (Wildman–Crippen MR) is 291 cm³/mol. The minimum Gasteiger partial charge on any atom is -0.493 e. The largest absolute Gasteiger partial charge is 0.493 e. The van der Waals surface area contributed by atoms with E-state index in [1.165, 1.54) is 212 Å². The first-order valence-electron chi connectivity index (χ1n) is 29.4. The molecule has 0 aromatic heterocycles. The van der Waals surface area contributed by atoms with Crippen LogP contribution in [-0.4, -0.2) is 38.0 Å². The van der Waals surface area contributed by atoms with E-state index in [2.05, 4.69) is 27.7 Å². The average molecular weight is 942 g/mol. The minimum atomic E-state index is -0.596. The molecule has 0 bridgehead atoms. The number of carbonyl (C=O) groups is 1. The van der Waals surface area contributed by atoms with E-state index in [0.717, 1.165) is 56.9 Å². The lowest BCUT2D eigenvalue weighted by atomic mass is 10.1. The van der Waals surface area contributed by atoms with Gasteiger partial charge in [-0.3, -0.25) is 0 Å². The number of unbranched alkanes of at least 4 members (excludes halogenated alkanes) is 36. The highest BCUT2D eigenvalue weighted by Crippen LogP contribution is 2.47. The lowest BCUT2D eigenvalue weighted by Gasteiger charge is -2.22. The summed E-state index contributed by atoms with van der Waals surface area (Å²) in [5.41, 5.74) is 0.134. The summed E-state index contributed by atoms with van der Waals surface area (Å²) in [4.78, 5) is 13.2. The van der Waals surface area contributed by atoms with Crippen molar-refractivity contribution in [1.82, 2.24) is 0 Å². The van der Waals surface area contributed by atoms with Gasteiger partial charge in [0.2, 0.25) is 5.75 Å². The van der Waals surface area contributed by atoms with Gasteiger partial charge in [0.05, 0.1) is 32.0 Å². The van der Waals surface area contributed by atoms with Gasteiger partial charge >= 0.3 is 5.97 Å². The lowest BCUT2D eigenvalue weighted by molar-refractivity contribution is -0.148. The maximum absolute atomic E-state index is 13.2. The van der Waals surface area contributed by atoms with Crippen LogP contribution in [0.4, 0.5) is 0 Å². The van der Waals surface area contributed by atoms with Crippen LogP contribution >= 0.6 is 0 Å². The van der Waals surface area contributed by atoms with Gasteiger partial charge in [-0.25, -0.2) is 4.79 Å². The smallest absolute Gasteiger partial charge is 0.331 e. The number of hydrogen-bond acceptors (Lipinski definition) is 6. The molecule has 6 nitrogen and oxygen atoms in total. The molecule has 0 saturated heterocycles. The van der Waals surface area contributed by atoms with Gasteiger partial charge in [-0.2, -0.15) is 0 Å². The molecule has 0 fully saturated rings. The maximum atomic E-state index is 13.2. The van der Waals surface area contributed by atoms with Crippen LogP contribution in [0.3, 0.4) is 0 Å². The Labute approximate surface area is 417 Å². The number of ether oxygens (including phenoxy) is 5. The fraction of sp³-hybridized carbons (Fsp3) is 0.852. The van der Waals surface area contributed by atoms with Gasteiger partial charge in [0.25, 0.3) is 0 Å². The van der Waals surface area contributed by atoms with E-state index in [1.807, 2.05) is 32.9 Å². The Morgan fingerprint density at radius 3 is 0.955 bits per heavy atom. The fourth-order valence-corrected chi connectivity index (χ4v) is 8.83. The van der Waals surface area contributed by atoms with Crippen molar-refractivity contribution in [2.24, 2.45) is 0 Å². The van der Waals surface area contributed by atoms with Gasteiger partial charge in [-0.05, 0) is 52.5 Å². The summed E-state index contributed by atoms with van der Waals surface area (Å²) in [5, 5.41) is 0. The number of benzene rings is 1. The van der Waals surface area contributed by atoms with Crippen LogP contribution in [0.15, 0.2) is 12.1 Å². The Balaban J connectivity index is 3.32. The van der Waals surface area contributed by atoms with Crippen molar-refractivity contribution in [1.29, 1.82) is 0 Å². The Morgan fingerprint density at radius 2 is 0.642 bits per heavy atom. The van der Waals surface area contributed by atoms with Crippen LogP contribution in [0.1, 0.15) is 311 Å². The molecule has 0 saturated carbocycles. The van der Waals surface area contributed by atoms with E-state index in [1.54, 1.807) is 0 Å². The maximum Gasteiger partial charge on any atom is 0.331 e. The fourth-order valence-electron chi connectivity index (χ4n) is 8.83. The molecule has 0 spiro atoms. The SMILES string of the molecule is CCCCCCCCCCCCOc1cc(OCCCCCCCCCCCC)c(OCCCCCCCCCCCC)c(OCCCCCCCCCCCC)c1C=CC(=O)OC(C)(C)C. The monoisotopic (exact) mass is 941 g/mol. The van der Waals surface area contributed by atoms with Crippen LogP contribution in [-0.2, 0) is 9.53 Å². The van der Waals surface area contributed by atoms with Crippen molar-refractivity contribution < 1.29 is 28.5 Å². The zero-order valence-corrected chi connectivity index (χ0v) is 45.8. The molecule has 1 rings (SSSR count). The van der Waals surface area contributed by atoms with E-state index in [-0.39, 0.29) is 5.97 Å². The Hall–Kier alpha value is -2.37. The molecule has 1 aromatic rings. The van der Waals surface area contributed by atoms with Gasteiger partial charge in [0.1, 0.15) is 11.4 Å². The van der Waals surface area contributed by atoms with Crippen molar-refractivity contribution >= 4 is 12.0 Å². The van der Waals surface area contributed by atoms with E-state index >= 15 is 0 Å². The van der Waals surface area contributed by atoms with Gasteiger partial charge in [0.15, 0.2) is 11.5 Å². The third-order valence-corrected chi connectivity index (χ3v) is 13.0. The van der Waals surface area contributed by atoms with Crippen molar-refractivity contribution in [2.45, 2.75) is 311 Å². The van der Waals surface area contributed by atoms with Crippen molar-refractivity contribution in [2.75, 3.05) is 26.4 Å². The lowest BCUT2D eigenvalue weighted by Crippen LogP contribution is -2.22. The van der Waals surface area contributed by atoms with Crippen molar-refractivity contribution in [3.05, 3.63) is 17.7 Å². The number of carbonyl (C=O) groups excluding carboxylic acids is 1. The highest BCUT2D eigenvalue weighted by molar-refractivity contribution is 5.89. The summed E-state index contributed by atoms with van der Waals surface area (Å²) >= 11 is 0. The molecule has 67 heavy (non-hydrogen) atoms. The Morgan fingerprint density at radius 1 is 0.373 bits per heavy atom. The van der Waals surface area contributed by atoms with Crippen LogP contribution < -0.4 is 18.9 Å². The first-order chi connectivity index (χ1) is 32.8. The summed E-state index contributed by atoms with van der Waals surface area (Å²) < 4.78 is 32.7. The summed E-state index contributed by atoms with van der Waals surface area (Å²) in [5.74, 6) is 2.25. The highest BCUT2D eigenvalue weighted by atomic mass is 16.6. The normalized spacial score (nSPS) is 11.7. The molecule has 0 aliphatic rings. The Bertz CT molecular complexity index is 1270. The molecule has 0 amide bonds. The van der Waals surface area contributed by atoms with Crippen LogP contribution in [0.25, 0.3) is 6.08 Å². The van der Waals surface area contributed by atoms with Crippen LogP contribution in [0.2, 0.25) is 0 Å². The first-order valence-corrected chi connectivity index (χ1v) is 29.4. The van der Waals surface area contributed by atoms with Crippen molar-refractivity contribution in [3.8, 4) is 23.0 Å². The second kappa shape index (κ2) is 46.0. The molecular weight excluding hydrogens is 829 g/mol. The second-order valence-corrected chi connectivity index (χ2v) is 20.9. The summed E-state index contributed by atoms with van der Waals surface area (Å²) in [6, 6.07) is 2.02. The number of esters is 1. The number of rotatable bonds is 50. The van der Waals surface area contributed by atoms with Gasteiger partial charge in [-0.15, -0.1) is 0 Å². The molecule has 0 radical (unpaired) electrons. The molecule has 0 atom stereocenters. The summed E-state index contributed by atoms with van der Waals surface area (Å²) in [7, 11) is 0. The van der Waals surface area contributed by atoms with Crippen LogP contribution in [0.5, 0.6) is 23.0 Å². The standard InChI is InChI=1S/C61H112O6/c1-8-12-16-20-24-28-32-36-40-44-50-63-56-54-57(64-51-45-41-37-33-29-25-21-17-13-9-2)60(66-53-47-43-39-35-31-27-23-19-15-11-4)59(55(56)48-49-58(62)67-61(5,6)7)65-52-46-42-38-34-30-26-22-18-14-10-3/h48-49,54H,8-47,50-53H2,1-7H3. The van der Waals surface area contributed by atoms with Gasteiger partial charge in [0, 0.05) is 12.1 Å². The molecule has 0 aliphatic heterocycles. The van der Waals surface area contributed by atoms with E-state index in [4.69, 9.17) is 23.7 Å². The predicted octanol–water partition coefficient (Wildman–Crippen LogP) is 20.2. The van der Waals surface area contributed by atoms with Crippen molar-refractivity contribution in [3.63, 3.8) is 0 Å². The molecule has 6 heteroatoms. The average Bonchev–Trinajstić information content (AvgIpc) is 3.30. The summed E-state index contributed by atoms with van der Waals surface area (Å²) in [6.07, 6.45) is 54.2. The molecular formula is C61H112O6. The summed E-state index contributed by atoms with van der Waals surface area (Å²) in [6.45, 7) is 17.2. The zero-order chi connectivity index (χ0) is 48.7. The first kappa shape index (κ1) is 62.6. The Kier molecular flexibility index (Phi) is 43.0. The zero-order valence-electron chi connectivity index (χ0n) is 45.8. The molecule has 392 valence electrons. The van der Waals surface area contributed by atoms with Gasteiger partial charge in [-0.1, -0.05) is 259 Å². The van der Waals surface area contributed by atoms with E-state index in [9.17, 15) is 4.79 Å². The molecule has 0 heterocycles. The highest BCUT2D eigenvalue weighted by Gasteiger charge is 2.23. The third-order valence-electron chi connectivity index (χ3n) is 13.0. The quantitative estimate of drug-likeness (QED) is 0.0368. The topological polar surface area (TPSA) is 63.2 Å². The molecule has 0 N–H and O–H groups in total. The van der Waals surface area contributed by atoms with E-state index < -0.39 is 5.60 Å². The van der Waals surface area contributed by atoms with Gasteiger partial charge < -0.3 is 23.7 Å². The van der Waals surface area contributed by atoms with E-state index in [0.29, 0.717) is 49.4 Å². The van der Waals surface area contributed by atoms with Crippen LogP contribution in [0, 0.1) is 0 Å². The third kappa shape index (κ3) is 38.1. The minimum absolute atomic E-state index is 0.386. The molecule has 0 aliphatic carbocycles. The molecule has 0 unspecified atom stereocenters. The molecule has 1 aromatic carbocycles. The second-order valence-electron chi connectivity index (χ2n) is 20.9.